The van der Waals surface area contributed by atoms with Gasteiger partial charge in [-0.1, -0.05) is 47.6 Å². The molecule has 2 aromatic carbocycles. The number of benzene rings is 2. The Hall–Kier alpha value is -1.69. The molecule has 122 valence electrons. The van der Waals surface area contributed by atoms with Crippen LogP contribution in [0.3, 0.4) is 0 Å². The van der Waals surface area contributed by atoms with Gasteiger partial charge in [0.25, 0.3) is 0 Å². The Bertz CT molecular complexity index is 835. The first kappa shape index (κ1) is 15.8. The number of fused-ring (bicyclic) bond motifs is 1. The van der Waals surface area contributed by atoms with Crippen LogP contribution in [0.2, 0.25) is 5.02 Å². The van der Waals surface area contributed by atoms with Crippen LogP contribution < -0.4 is 9.47 Å². The molecule has 1 aliphatic rings. The molecule has 4 rings (SSSR count). The lowest BCUT2D eigenvalue weighted by atomic mass is 10.2. The Morgan fingerprint density at radius 3 is 2.75 bits per heavy atom. The third-order valence-electron chi connectivity index (χ3n) is 3.58. The molecule has 0 bridgehead atoms. The van der Waals surface area contributed by atoms with Gasteiger partial charge in [0.1, 0.15) is 12.7 Å². The van der Waals surface area contributed by atoms with Crippen LogP contribution in [0, 0.1) is 0 Å². The minimum Gasteiger partial charge on any atom is -0.486 e. The van der Waals surface area contributed by atoms with Crippen LogP contribution in [0.1, 0.15) is 0 Å². The Morgan fingerprint density at radius 2 is 1.92 bits per heavy atom. The summed E-state index contributed by atoms with van der Waals surface area (Å²) in [6.07, 6.45) is 0.0350. The zero-order valence-corrected chi connectivity index (χ0v) is 15.0. The number of nitrogens with zero attached hydrogens (tertiary/aromatic N) is 1. The van der Waals surface area contributed by atoms with E-state index in [0.717, 1.165) is 37.9 Å². The predicted molar refractivity (Wildman–Crippen MR) is 99.6 cm³/mol. The molecule has 6 heteroatoms. The van der Waals surface area contributed by atoms with Gasteiger partial charge in [0.05, 0.1) is 5.69 Å². The van der Waals surface area contributed by atoms with Gasteiger partial charge in [0.2, 0.25) is 0 Å². The van der Waals surface area contributed by atoms with E-state index < -0.39 is 0 Å². The number of hydrogen-bond acceptors (Lipinski definition) is 5. The molecule has 0 amide bonds. The molecule has 24 heavy (non-hydrogen) atoms. The zero-order valence-electron chi connectivity index (χ0n) is 12.6. The van der Waals surface area contributed by atoms with E-state index in [0.29, 0.717) is 6.61 Å². The highest BCUT2D eigenvalue weighted by Gasteiger charge is 2.21. The van der Waals surface area contributed by atoms with E-state index >= 15 is 0 Å². The standard InChI is InChI=1S/C18H14ClNO2S2/c19-13-7-5-12(6-8-13)15-11-24-18(20-15)23-10-14-9-21-16-3-1-2-4-17(16)22-14/h1-8,11,14H,9-10H2/t14-/m0/s1. The number of halogens is 1. The van der Waals surface area contributed by atoms with Crippen molar-refractivity contribution >= 4 is 34.7 Å². The summed E-state index contributed by atoms with van der Waals surface area (Å²) in [5.74, 6) is 2.44. The normalized spacial score (nSPS) is 16.1. The molecule has 0 aliphatic carbocycles. The third-order valence-corrected chi connectivity index (χ3v) is 5.99. The first-order chi connectivity index (χ1) is 11.8. The average Bonchev–Trinajstić information content (AvgIpc) is 3.09. The first-order valence-corrected chi connectivity index (χ1v) is 9.75. The summed E-state index contributed by atoms with van der Waals surface area (Å²) in [6.45, 7) is 0.569. The van der Waals surface area contributed by atoms with E-state index in [2.05, 4.69) is 10.4 Å². The van der Waals surface area contributed by atoms with Gasteiger partial charge in [-0.25, -0.2) is 4.98 Å². The van der Waals surface area contributed by atoms with E-state index in [9.17, 15) is 0 Å². The zero-order chi connectivity index (χ0) is 16.4. The first-order valence-electron chi connectivity index (χ1n) is 7.51. The Balaban J connectivity index is 1.38. The van der Waals surface area contributed by atoms with Crippen molar-refractivity contribution < 1.29 is 9.47 Å². The Kier molecular flexibility index (Phi) is 4.65. The maximum atomic E-state index is 5.97. The summed E-state index contributed by atoms with van der Waals surface area (Å²) in [4.78, 5) is 4.68. The quantitative estimate of drug-likeness (QED) is 0.571. The number of thiazole rings is 1. The lowest BCUT2D eigenvalue weighted by Gasteiger charge is -2.25. The largest absolute Gasteiger partial charge is 0.486 e. The van der Waals surface area contributed by atoms with E-state index in [4.69, 9.17) is 21.1 Å². The molecule has 0 N–H and O–H groups in total. The molecule has 0 radical (unpaired) electrons. The fourth-order valence-corrected chi connectivity index (χ4v) is 4.34. The van der Waals surface area contributed by atoms with Crippen molar-refractivity contribution in [2.45, 2.75) is 10.4 Å². The summed E-state index contributed by atoms with van der Waals surface area (Å²) in [5.41, 5.74) is 2.05. The van der Waals surface area contributed by atoms with Crippen molar-refractivity contribution in [3.8, 4) is 22.8 Å². The molecule has 0 saturated carbocycles. The molecule has 1 aromatic heterocycles. The van der Waals surface area contributed by atoms with Gasteiger partial charge in [-0.3, -0.25) is 0 Å². The molecule has 1 atom stereocenters. The topological polar surface area (TPSA) is 31.4 Å². The maximum Gasteiger partial charge on any atom is 0.161 e. The van der Waals surface area contributed by atoms with Crippen molar-refractivity contribution in [1.82, 2.24) is 4.98 Å². The van der Waals surface area contributed by atoms with Crippen LogP contribution in [0.15, 0.2) is 58.3 Å². The molecular weight excluding hydrogens is 362 g/mol. The SMILES string of the molecule is Clc1ccc(-c2csc(SC[C@@H]3COc4ccccc4O3)n2)cc1. The predicted octanol–water partition coefficient (Wildman–Crippen LogP) is 5.40. The lowest BCUT2D eigenvalue weighted by Crippen LogP contribution is -2.31. The highest BCUT2D eigenvalue weighted by Crippen LogP contribution is 2.34. The summed E-state index contributed by atoms with van der Waals surface area (Å²) in [6, 6.07) is 15.5. The monoisotopic (exact) mass is 375 g/mol. The average molecular weight is 376 g/mol. The van der Waals surface area contributed by atoms with Crippen molar-refractivity contribution in [2.24, 2.45) is 0 Å². The highest BCUT2D eigenvalue weighted by molar-refractivity contribution is 8.01. The summed E-state index contributed by atoms with van der Waals surface area (Å²) in [7, 11) is 0. The molecule has 3 aromatic rings. The molecular formula is C18H14ClNO2S2. The number of hydrogen-bond donors (Lipinski definition) is 0. The maximum absolute atomic E-state index is 5.97. The molecule has 0 spiro atoms. The smallest absolute Gasteiger partial charge is 0.161 e. The number of thioether (sulfide) groups is 1. The summed E-state index contributed by atoms with van der Waals surface area (Å²) in [5, 5.41) is 2.80. The number of rotatable bonds is 4. The van der Waals surface area contributed by atoms with Crippen LogP contribution in [0.25, 0.3) is 11.3 Å². The number of ether oxygens (including phenoxy) is 2. The Labute approximate surface area is 153 Å². The minimum absolute atomic E-state index is 0.0350. The molecule has 0 saturated heterocycles. The van der Waals surface area contributed by atoms with E-state index in [1.807, 2.05) is 48.5 Å². The van der Waals surface area contributed by atoms with Crippen LogP contribution in [-0.2, 0) is 0 Å². The second-order valence-corrected chi connectivity index (χ2v) is 7.88. The molecule has 3 nitrogen and oxygen atoms in total. The Morgan fingerprint density at radius 1 is 1.12 bits per heavy atom. The van der Waals surface area contributed by atoms with E-state index in [1.165, 1.54) is 0 Å². The van der Waals surface area contributed by atoms with Gasteiger partial charge >= 0.3 is 0 Å². The van der Waals surface area contributed by atoms with Crippen LogP contribution >= 0.6 is 34.7 Å². The molecule has 2 heterocycles. The van der Waals surface area contributed by atoms with Crippen molar-refractivity contribution in [2.75, 3.05) is 12.4 Å². The van der Waals surface area contributed by atoms with E-state index in [-0.39, 0.29) is 6.10 Å². The molecule has 0 fully saturated rings. The molecule has 1 aliphatic heterocycles. The van der Waals surface area contributed by atoms with Gasteiger partial charge in [0.15, 0.2) is 15.8 Å². The number of aromatic nitrogens is 1. The van der Waals surface area contributed by atoms with Crippen molar-refractivity contribution in [1.29, 1.82) is 0 Å². The van der Waals surface area contributed by atoms with Crippen molar-refractivity contribution in [3.05, 3.63) is 58.9 Å². The van der Waals surface area contributed by atoms with Gasteiger partial charge in [-0.2, -0.15) is 0 Å². The van der Waals surface area contributed by atoms with Gasteiger partial charge in [-0.15, -0.1) is 11.3 Å². The van der Waals surface area contributed by atoms with Gasteiger partial charge in [0, 0.05) is 21.7 Å². The third kappa shape index (κ3) is 3.53. The van der Waals surface area contributed by atoms with Crippen LogP contribution in [0.4, 0.5) is 0 Å². The van der Waals surface area contributed by atoms with E-state index in [1.54, 1.807) is 23.1 Å². The fourth-order valence-electron chi connectivity index (χ4n) is 2.39. The van der Waals surface area contributed by atoms with Gasteiger partial charge < -0.3 is 9.47 Å². The lowest BCUT2D eigenvalue weighted by molar-refractivity contribution is 0.107. The van der Waals surface area contributed by atoms with Crippen molar-refractivity contribution in [3.63, 3.8) is 0 Å². The van der Waals surface area contributed by atoms with Crippen LogP contribution in [0.5, 0.6) is 11.5 Å². The highest BCUT2D eigenvalue weighted by atomic mass is 35.5. The fraction of sp³-hybridized carbons (Fsp3) is 0.167. The van der Waals surface area contributed by atoms with Crippen LogP contribution in [-0.4, -0.2) is 23.4 Å². The number of para-hydroxylation sites is 2. The summed E-state index contributed by atoms with van der Waals surface area (Å²) < 4.78 is 12.7. The minimum atomic E-state index is 0.0350. The second kappa shape index (κ2) is 7.05. The second-order valence-electron chi connectivity index (χ2n) is 5.31. The van der Waals surface area contributed by atoms with Gasteiger partial charge in [-0.05, 0) is 24.3 Å². The molecule has 0 unspecified atom stereocenters. The summed E-state index contributed by atoms with van der Waals surface area (Å²) >= 11 is 9.27.